The Kier molecular flexibility index (Phi) is 5.26. The van der Waals surface area contributed by atoms with Crippen LogP contribution in [-0.4, -0.2) is 43.8 Å². The van der Waals surface area contributed by atoms with E-state index in [0.29, 0.717) is 19.0 Å². The van der Waals surface area contributed by atoms with Gasteiger partial charge in [-0.3, -0.25) is 4.79 Å². The zero-order valence-electron chi connectivity index (χ0n) is 14.7. The van der Waals surface area contributed by atoms with E-state index in [2.05, 4.69) is 34.6 Å². The highest BCUT2D eigenvalue weighted by Crippen LogP contribution is 2.38. The summed E-state index contributed by atoms with van der Waals surface area (Å²) in [6, 6.07) is 2.03. The van der Waals surface area contributed by atoms with Gasteiger partial charge in [0.1, 0.15) is 0 Å². The van der Waals surface area contributed by atoms with E-state index in [1.54, 1.807) is 16.2 Å². The lowest BCUT2D eigenvalue weighted by molar-refractivity contribution is 0.0769. The van der Waals surface area contributed by atoms with E-state index in [0.717, 1.165) is 16.9 Å². The van der Waals surface area contributed by atoms with Crippen molar-refractivity contribution in [3.63, 3.8) is 0 Å². The Labute approximate surface area is 143 Å². The maximum atomic E-state index is 12.9. The molecule has 0 saturated carbocycles. The van der Waals surface area contributed by atoms with Crippen molar-refractivity contribution in [1.82, 2.24) is 4.90 Å². The monoisotopic (exact) mass is 357 g/mol. The molecule has 1 aromatic heterocycles. The minimum Gasteiger partial charge on any atom is -0.337 e. The van der Waals surface area contributed by atoms with Crippen molar-refractivity contribution in [2.24, 2.45) is 0 Å². The summed E-state index contributed by atoms with van der Waals surface area (Å²) in [5.41, 5.74) is 0.782. The molecule has 1 saturated heterocycles. The maximum Gasteiger partial charge on any atom is 0.255 e. The van der Waals surface area contributed by atoms with Crippen LogP contribution in [0.4, 0.5) is 0 Å². The highest BCUT2D eigenvalue weighted by atomic mass is 32.2. The number of hydrogen-bond acceptors (Lipinski definition) is 4. The Bertz CT molecular complexity index is 669. The van der Waals surface area contributed by atoms with Crippen LogP contribution < -0.4 is 0 Å². The van der Waals surface area contributed by atoms with E-state index >= 15 is 0 Å². The summed E-state index contributed by atoms with van der Waals surface area (Å²) in [7, 11) is -2.97. The van der Waals surface area contributed by atoms with Crippen LogP contribution in [0.5, 0.6) is 0 Å². The third kappa shape index (κ3) is 4.15. The molecule has 0 aliphatic carbocycles. The summed E-state index contributed by atoms with van der Waals surface area (Å²) in [4.78, 5) is 17.0. The molecular weight excluding hydrogens is 330 g/mol. The molecule has 130 valence electrons. The highest BCUT2D eigenvalue weighted by Gasteiger charge is 2.30. The molecule has 0 radical (unpaired) electrons. The molecule has 1 fully saturated rings. The maximum absolute atomic E-state index is 12.9. The van der Waals surface area contributed by atoms with Crippen molar-refractivity contribution in [1.29, 1.82) is 0 Å². The average molecular weight is 358 g/mol. The number of sulfone groups is 1. The quantitative estimate of drug-likeness (QED) is 0.833. The minimum absolute atomic E-state index is 0.0106. The standard InChI is InChI=1S/C17H27NO3S2/c1-6-12(2)15-13(11-14(22-15)17(3,4)5)16(19)18-7-9-23(20,21)10-8-18/h11-12H,6-10H2,1-5H3. The lowest BCUT2D eigenvalue weighted by Crippen LogP contribution is -2.43. The first kappa shape index (κ1) is 18.5. The van der Waals surface area contributed by atoms with Crippen LogP contribution in [-0.2, 0) is 15.3 Å². The molecule has 2 rings (SSSR count). The van der Waals surface area contributed by atoms with Gasteiger partial charge in [0.2, 0.25) is 0 Å². The molecule has 4 nitrogen and oxygen atoms in total. The van der Waals surface area contributed by atoms with Crippen molar-refractivity contribution in [3.8, 4) is 0 Å². The highest BCUT2D eigenvalue weighted by molar-refractivity contribution is 7.91. The Morgan fingerprint density at radius 2 is 1.87 bits per heavy atom. The molecule has 0 bridgehead atoms. The third-order valence-electron chi connectivity index (χ3n) is 4.42. The fourth-order valence-corrected chi connectivity index (χ4v) is 5.12. The van der Waals surface area contributed by atoms with Crippen molar-refractivity contribution < 1.29 is 13.2 Å². The summed E-state index contributed by atoms with van der Waals surface area (Å²) in [6.07, 6.45) is 0.985. The van der Waals surface area contributed by atoms with Crippen molar-refractivity contribution in [3.05, 3.63) is 21.4 Å². The first-order valence-corrected chi connectivity index (χ1v) is 10.8. The van der Waals surface area contributed by atoms with Crippen molar-refractivity contribution in [2.45, 2.75) is 52.4 Å². The zero-order chi connectivity index (χ0) is 17.4. The number of rotatable bonds is 3. The summed E-state index contributed by atoms with van der Waals surface area (Å²) in [5.74, 6) is 0.479. The van der Waals surface area contributed by atoms with E-state index < -0.39 is 9.84 Å². The molecular formula is C17H27NO3S2. The Morgan fingerprint density at radius 1 is 1.30 bits per heavy atom. The van der Waals surface area contributed by atoms with Gasteiger partial charge in [0.15, 0.2) is 9.84 Å². The second-order valence-electron chi connectivity index (χ2n) is 7.39. The van der Waals surface area contributed by atoms with Crippen LogP contribution >= 0.6 is 11.3 Å². The molecule has 0 N–H and O–H groups in total. The van der Waals surface area contributed by atoms with Gasteiger partial charge in [-0.15, -0.1) is 11.3 Å². The van der Waals surface area contributed by atoms with Crippen molar-refractivity contribution in [2.75, 3.05) is 24.6 Å². The fraction of sp³-hybridized carbons (Fsp3) is 0.706. The Hall–Kier alpha value is -0.880. The molecule has 1 amide bonds. The molecule has 1 aliphatic rings. The van der Waals surface area contributed by atoms with Crippen LogP contribution in [0.3, 0.4) is 0 Å². The summed E-state index contributed by atoms with van der Waals surface area (Å²) in [6.45, 7) is 11.4. The van der Waals surface area contributed by atoms with E-state index in [4.69, 9.17) is 0 Å². The van der Waals surface area contributed by atoms with Crippen LogP contribution in [0.25, 0.3) is 0 Å². The largest absolute Gasteiger partial charge is 0.337 e. The average Bonchev–Trinajstić information content (AvgIpc) is 2.91. The second-order valence-corrected chi connectivity index (χ2v) is 10.8. The third-order valence-corrected chi connectivity index (χ3v) is 7.82. The molecule has 1 aliphatic heterocycles. The SMILES string of the molecule is CCC(C)c1sc(C(C)(C)C)cc1C(=O)N1CCS(=O)(=O)CC1. The molecule has 6 heteroatoms. The molecule has 0 aromatic carbocycles. The van der Waals surface area contributed by atoms with Gasteiger partial charge in [0.25, 0.3) is 5.91 Å². The van der Waals surface area contributed by atoms with Crippen molar-refractivity contribution >= 4 is 27.1 Å². The smallest absolute Gasteiger partial charge is 0.255 e. The van der Waals surface area contributed by atoms with E-state index in [1.165, 1.54) is 4.88 Å². The Morgan fingerprint density at radius 3 is 2.35 bits per heavy atom. The molecule has 2 heterocycles. The van der Waals surface area contributed by atoms with E-state index in [9.17, 15) is 13.2 Å². The van der Waals surface area contributed by atoms with Gasteiger partial charge in [0.05, 0.1) is 17.1 Å². The van der Waals surface area contributed by atoms with E-state index in [1.807, 2.05) is 6.07 Å². The normalized spacial score (nSPS) is 19.6. The van der Waals surface area contributed by atoms with Crippen LogP contribution in [0.1, 0.15) is 67.1 Å². The number of amides is 1. The van der Waals surface area contributed by atoms with E-state index in [-0.39, 0.29) is 22.8 Å². The Balaban J connectivity index is 2.33. The zero-order valence-corrected chi connectivity index (χ0v) is 16.3. The molecule has 1 unspecified atom stereocenters. The summed E-state index contributed by atoms with van der Waals surface area (Å²) in [5, 5.41) is 0. The van der Waals surface area contributed by atoms with Gasteiger partial charge in [-0.05, 0) is 23.8 Å². The summed E-state index contributed by atoms with van der Waals surface area (Å²) < 4.78 is 23.2. The first-order valence-electron chi connectivity index (χ1n) is 8.19. The van der Waals surface area contributed by atoms with Gasteiger partial charge in [0, 0.05) is 22.8 Å². The van der Waals surface area contributed by atoms with Gasteiger partial charge < -0.3 is 4.90 Å². The number of hydrogen-bond donors (Lipinski definition) is 0. The van der Waals surface area contributed by atoms with Gasteiger partial charge in [-0.2, -0.15) is 0 Å². The van der Waals surface area contributed by atoms with Crippen LogP contribution in [0.15, 0.2) is 6.07 Å². The fourth-order valence-electron chi connectivity index (χ4n) is 2.58. The lowest BCUT2D eigenvalue weighted by Gasteiger charge is -2.27. The second kappa shape index (κ2) is 6.55. The number of nitrogens with zero attached hydrogens (tertiary/aromatic N) is 1. The number of thiophene rings is 1. The first-order chi connectivity index (χ1) is 10.5. The topological polar surface area (TPSA) is 54.5 Å². The molecule has 0 spiro atoms. The minimum atomic E-state index is -2.97. The summed E-state index contributed by atoms with van der Waals surface area (Å²) >= 11 is 1.73. The van der Waals surface area contributed by atoms with Crippen LogP contribution in [0, 0.1) is 0 Å². The van der Waals surface area contributed by atoms with Gasteiger partial charge in [-0.1, -0.05) is 34.6 Å². The predicted octanol–water partition coefficient (Wildman–Crippen LogP) is 3.43. The molecule has 1 atom stereocenters. The molecule has 23 heavy (non-hydrogen) atoms. The van der Waals surface area contributed by atoms with Gasteiger partial charge in [-0.25, -0.2) is 8.42 Å². The lowest BCUT2D eigenvalue weighted by atomic mass is 9.93. The molecule has 1 aromatic rings. The number of carbonyl (C=O) groups excluding carboxylic acids is 1. The van der Waals surface area contributed by atoms with Crippen LogP contribution in [0.2, 0.25) is 0 Å². The number of carbonyl (C=O) groups is 1. The van der Waals surface area contributed by atoms with Gasteiger partial charge >= 0.3 is 0 Å². The predicted molar refractivity (Wildman–Crippen MR) is 96.3 cm³/mol.